The third-order valence-corrected chi connectivity index (χ3v) is 4.98. The predicted molar refractivity (Wildman–Crippen MR) is 93.7 cm³/mol. The number of carboxylic acids is 1. The minimum absolute atomic E-state index is 0.0934. The molecule has 0 aromatic carbocycles. The van der Waals surface area contributed by atoms with E-state index in [0.717, 1.165) is 13.0 Å². The molecule has 24 heavy (non-hydrogen) atoms. The molecule has 1 saturated heterocycles. The summed E-state index contributed by atoms with van der Waals surface area (Å²) in [5.41, 5.74) is 1.65. The van der Waals surface area contributed by atoms with E-state index >= 15 is 0 Å². The summed E-state index contributed by atoms with van der Waals surface area (Å²) in [6, 6.07) is 1.04. The van der Waals surface area contributed by atoms with Crippen molar-refractivity contribution in [2.75, 3.05) is 13.1 Å². The number of carboxylic acid groups (broad SMARTS) is 1. The first kappa shape index (κ1) is 18.5. The van der Waals surface area contributed by atoms with Crippen molar-refractivity contribution in [3.05, 3.63) is 22.5 Å². The van der Waals surface area contributed by atoms with Gasteiger partial charge in [0.05, 0.1) is 5.56 Å². The fourth-order valence-corrected chi connectivity index (χ4v) is 3.76. The minimum atomic E-state index is -1.04. The van der Waals surface area contributed by atoms with Crippen molar-refractivity contribution in [2.45, 2.75) is 65.5 Å². The molecule has 0 spiro atoms. The molecule has 6 heteroatoms. The molecule has 1 fully saturated rings. The number of nitrogens with one attached hydrogen (secondary N) is 2. The average Bonchev–Trinajstić information content (AvgIpc) is 2.82. The summed E-state index contributed by atoms with van der Waals surface area (Å²) in [7, 11) is 0. The Morgan fingerprint density at radius 2 is 2.04 bits per heavy atom. The van der Waals surface area contributed by atoms with Gasteiger partial charge < -0.3 is 15.4 Å². The molecule has 0 unspecified atom stereocenters. The number of hydrogen-bond donors (Lipinski definition) is 3. The second-order valence-corrected chi connectivity index (χ2v) is 6.96. The summed E-state index contributed by atoms with van der Waals surface area (Å²) in [6.45, 7) is 9.58. The Balaban J connectivity index is 1.95. The van der Waals surface area contributed by atoms with Crippen LogP contribution in [0, 0.1) is 13.8 Å². The molecule has 3 N–H and O–H groups in total. The number of aryl methyl sites for hydroxylation is 1. The number of aromatic amines is 1. The van der Waals surface area contributed by atoms with E-state index in [-0.39, 0.29) is 11.6 Å². The van der Waals surface area contributed by atoms with Crippen LogP contribution in [-0.2, 0) is 0 Å². The van der Waals surface area contributed by atoms with E-state index in [1.54, 1.807) is 13.8 Å². The molecule has 1 aromatic heterocycles. The third kappa shape index (κ3) is 3.98. The highest BCUT2D eigenvalue weighted by Crippen LogP contribution is 2.22. The molecule has 1 aliphatic heterocycles. The Kier molecular flexibility index (Phi) is 6.04. The number of likely N-dealkylation sites (tertiary alicyclic amines) is 1. The Labute approximate surface area is 143 Å². The van der Waals surface area contributed by atoms with Gasteiger partial charge in [-0.05, 0) is 59.1 Å². The van der Waals surface area contributed by atoms with Gasteiger partial charge in [0.2, 0.25) is 0 Å². The van der Waals surface area contributed by atoms with E-state index < -0.39 is 5.97 Å². The molecule has 1 aromatic rings. The molecule has 6 nitrogen and oxygen atoms in total. The predicted octanol–water partition coefficient (Wildman–Crippen LogP) is 2.71. The third-order valence-electron chi connectivity index (χ3n) is 4.98. The first-order chi connectivity index (χ1) is 11.3. The van der Waals surface area contributed by atoms with Crippen LogP contribution in [-0.4, -0.2) is 52.0 Å². The largest absolute Gasteiger partial charge is 0.477 e. The first-order valence-electron chi connectivity index (χ1n) is 8.79. The Morgan fingerprint density at radius 1 is 1.33 bits per heavy atom. The monoisotopic (exact) mass is 335 g/mol. The minimum Gasteiger partial charge on any atom is -0.477 e. The van der Waals surface area contributed by atoms with Crippen LogP contribution in [0.5, 0.6) is 0 Å². The average molecular weight is 335 g/mol. The highest BCUT2D eigenvalue weighted by atomic mass is 16.4. The molecule has 0 aliphatic carbocycles. The lowest BCUT2D eigenvalue weighted by Gasteiger charge is -2.38. The fourth-order valence-electron chi connectivity index (χ4n) is 3.76. The van der Waals surface area contributed by atoms with Crippen molar-refractivity contribution >= 4 is 11.9 Å². The zero-order valence-electron chi connectivity index (χ0n) is 15.1. The normalized spacial score (nSPS) is 18.8. The van der Waals surface area contributed by atoms with Crippen molar-refractivity contribution in [2.24, 2.45) is 0 Å². The summed E-state index contributed by atoms with van der Waals surface area (Å²) in [4.78, 5) is 28.9. The molecule has 0 bridgehead atoms. The van der Waals surface area contributed by atoms with E-state index in [9.17, 15) is 9.59 Å². The summed E-state index contributed by atoms with van der Waals surface area (Å²) in [5, 5.41) is 12.1. The lowest BCUT2D eigenvalue weighted by atomic mass is 9.97. The van der Waals surface area contributed by atoms with E-state index in [1.165, 1.54) is 19.3 Å². The molecule has 0 radical (unpaired) electrons. The smallest absolute Gasteiger partial charge is 0.352 e. The van der Waals surface area contributed by atoms with Gasteiger partial charge in [0.15, 0.2) is 0 Å². The molecular formula is C18H29N3O3. The van der Waals surface area contributed by atoms with E-state index in [1.807, 2.05) is 0 Å². The lowest BCUT2D eigenvalue weighted by Crippen LogP contribution is -2.45. The van der Waals surface area contributed by atoms with Gasteiger partial charge in [-0.25, -0.2) is 4.79 Å². The molecule has 2 heterocycles. The molecular weight excluding hydrogens is 306 g/mol. The summed E-state index contributed by atoms with van der Waals surface area (Å²) in [6.07, 6.45) is 4.61. The van der Waals surface area contributed by atoms with Gasteiger partial charge in [-0.1, -0.05) is 6.42 Å². The van der Waals surface area contributed by atoms with E-state index in [0.29, 0.717) is 35.4 Å². The van der Waals surface area contributed by atoms with Crippen molar-refractivity contribution in [1.82, 2.24) is 15.2 Å². The first-order valence-corrected chi connectivity index (χ1v) is 8.79. The van der Waals surface area contributed by atoms with Gasteiger partial charge in [0.1, 0.15) is 5.69 Å². The number of carbonyl (C=O) groups excluding carboxylic acids is 1. The molecule has 1 atom stereocenters. The maximum Gasteiger partial charge on any atom is 0.352 e. The number of hydrogen-bond acceptors (Lipinski definition) is 3. The van der Waals surface area contributed by atoms with E-state index in [4.69, 9.17) is 5.11 Å². The number of H-pyrrole nitrogens is 1. The molecule has 1 amide bonds. The van der Waals surface area contributed by atoms with Gasteiger partial charge in [0, 0.05) is 24.3 Å². The number of aromatic nitrogens is 1. The molecule has 134 valence electrons. The SMILES string of the molecule is Cc1[nH]c(C(=O)O)c(C)c1C(=O)NCC[C@H]1CCCCN1C(C)C. The number of aromatic carboxylic acids is 1. The topological polar surface area (TPSA) is 85.4 Å². The Morgan fingerprint density at radius 3 is 2.62 bits per heavy atom. The standard InChI is InChI=1S/C18H29N3O3/c1-11(2)21-10-6-5-7-14(21)8-9-19-17(22)15-12(3)16(18(23)24)20-13(15)4/h11,14,20H,5-10H2,1-4H3,(H,19,22)(H,23,24)/t14-/m1/s1. The van der Waals surface area contributed by atoms with Crippen molar-refractivity contribution < 1.29 is 14.7 Å². The number of rotatable bonds is 6. The maximum absolute atomic E-state index is 12.4. The van der Waals surface area contributed by atoms with Gasteiger partial charge in [-0.3, -0.25) is 9.69 Å². The van der Waals surface area contributed by atoms with Gasteiger partial charge in [-0.15, -0.1) is 0 Å². The quantitative estimate of drug-likeness (QED) is 0.746. The van der Waals surface area contributed by atoms with Gasteiger partial charge in [0.25, 0.3) is 5.91 Å². The van der Waals surface area contributed by atoms with Crippen LogP contribution in [0.15, 0.2) is 0 Å². The van der Waals surface area contributed by atoms with Crippen LogP contribution in [0.1, 0.15) is 71.6 Å². The maximum atomic E-state index is 12.4. The molecule has 1 aliphatic rings. The fraction of sp³-hybridized carbons (Fsp3) is 0.667. The molecule has 0 saturated carbocycles. The number of amides is 1. The van der Waals surface area contributed by atoms with Crippen LogP contribution in [0.4, 0.5) is 0 Å². The second-order valence-electron chi connectivity index (χ2n) is 6.96. The summed E-state index contributed by atoms with van der Waals surface area (Å²) in [5.74, 6) is -1.23. The van der Waals surface area contributed by atoms with Gasteiger partial charge in [-0.2, -0.15) is 0 Å². The van der Waals surface area contributed by atoms with Crippen molar-refractivity contribution in [3.63, 3.8) is 0 Å². The summed E-state index contributed by atoms with van der Waals surface area (Å²) >= 11 is 0. The zero-order chi connectivity index (χ0) is 17.9. The molecule has 2 rings (SSSR count). The van der Waals surface area contributed by atoms with Crippen LogP contribution in [0.2, 0.25) is 0 Å². The van der Waals surface area contributed by atoms with Crippen LogP contribution < -0.4 is 5.32 Å². The van der Waals surface area contributed by atoms with Crippen LogP contribution >= 0.6 is 0 Å². The van der Waals surface area contributed by atoms with Gasteiger partial charge >= 0.3 is 5.97 Å². The summed E-state index contributed by atoms with van der Waals surface area (Å²) < 4.78 is 0. The number of carbonyl (C=O) groups is 2. The lowest BCUT2D eigenvalue weighted by molar-refractivity contribution is 0.0690. The van der Waals surface area contributed by atoms with Crippen molar-refractivity contribution in [3.8, 4) is 0 Å². The van der Waals surface area contributed by atoms with E-state index in [2.05, 4.69) is 29.0 Å². The van der Waals surface area contributed by atoms with Crippen molar-refractivity contribution in [1.29, 1.82) is 0 Å². The number of nitrogens with zero attached hydrogens (tertiary/aromatic N) is 1. The highest BCUT2D eigenvalue weighted by molar-refractivity contribution is 6.00. The van der Waals surface area contributed by atoms with Crippen LogP contribution in [0.25, 0.3) is 0 Å². The Bertz CT molecular complexity index is 607. The second kappa shape index (κ2) is 7.83. The number of piperidine rings is 1. The van der Waals surface area contributed by atoms with Crippen LogP contribution in [0.3, 0.4) is 0 Å². The zero-order valence-corrected chi connectivity index (χ0v) is 15.1. The highest BCUT2D eigenvalue weighted by Gasteiger charge is 2.25. The Hall–Kier alpha value is -1.82.